The summed E-state index contributed by atoms with van der Waals surface area (Å²) in [5.41, 5.74) is 2.70. The van der Waals surface area contributed by atoms with Gasteiger partial charge in [0, 0.05) is 28.6 Å². The van der Waals surface area contributed by atoms with E-state index < -0.39 is 4.92 Å². The lowest BCUT2D eigenvalue weighted by atomic mass is 10.1. The smallest absolute Gasteiger partial charge is 0.270 e. The summed E-state index contributed by atoms with van der Waals surface area (Å²) in [5.74, 6) is -0.229. The minimum atomic E-state index is -0.448. The fourth-order valence-electron chi connectivity index (χ4n) is 2.23. The Labute approximate surface area is 141 Å². The first-order chi connectivity index (χ1) is 11.5. The zero-order chi connectivity index (χ0) is 17.1. The highest BCUT2D eigenvalue weighted by Gasteiger charge is 2.13. The van der Waals surface area contributed by atoms with Crippen LogP contribution < -0.4 is 5.32 Å². The van der Waals surface area contributed by atoms with Crippen molar-refractivity contribution in [1.29, 1.82) is 0 Å². The first-order valence-corrected chi connectivity index (χ1v) is 8.00. The molecular formula is C17H13N3O3S. The van der Waals surface area contributed by atoms with Gasteiger partial charge in [-0.1, -0.05) is 30.3 Å². The number of anilines is 1. The number of hydrogen-bond donors (Lipinski definition) is 1. The molecule has 0 aliphatic rings. The third-order valence-corrected chi connectivity index (χ3v) is 4.22. The van der Waals surface area contributed by atoms with Crippen LogP contribution in [0.15, 0.2) is 53.9 Å². The number of nitrogens with zero attached hydrogens (tertiary/aromatic N) is 2. The molecule has 0 saturated carbocycles. The maximum absolute atomic E-state index is 12.3. The number of nitro benzene ring substituents is 1. The van der Waals surface area contributed by atoms with Crippen molar-refractivity contribution < 1.29 is 9.72 Å². The molecule has 0 bridgehead atoms. The number of amides is 1. The minimum Gasteiger partial charge on any atom is -0.298 e. The van der Waals surface area contributed by atoms with Crippen molar-refractivity contribution in [1.82, 2.24) is 4.98 Å². The maximum atomic E-state index is 12.3. The summed E-state index contributed by atoms with van der Waals surface area (Å²) in [6.07, 6.45) is 0. The topological polar surface area (TPSA) is 85.1 Å². The van der Waals surface area contributed by atoms with E-state index in [1.807, 2.05) is 19.1 Å². The van der Waals surface area contributed by atoms with Gasteiger partial charge < -0.3 is 0 Å². The Morgan fingerprint density at radius 1 is 1.21 bits per heavy atom. The number of rotatable bonds is 4. The van der Waals surface area contributed by atoms with E-state index in [9.17, 15) is 14.9 Å². The lowest BCUT2D eigenvalue weighted by molar-refractivity contribution is -0.384. The summed E-state index contributed by atoms with van der Waals surface area (Å²) in [7, 11) is 0. The molecule has 0 spiro atoms. The summed E-state index contributed by atoms with van der Waals surface area (Å²) in [4.78, 5) is 27.0. The van der Waals surface area contributed by atoms with E-state index in [2.05, 4.69) is 10.3 Å². The van der Waals surface area contributed by atoms with Crippen molar-refractivity contribution in [3.8, 4) is 11.3 Å². The van der Waals surface area contributed by atoms with Crippen LogP contribution in [0, 0.1) is 17.0 Å². The van der Waals surface area contributed by atoms with E-state index in [1.165, 1.54) is 23.5 Å². The Kier molecular flexibility index (Phi) is 4.35. The van der Waals surface area contributed by atoms with Gasteiger partial charge in [0.25, 0.3) is 11.6 Å². The van der Waals surface area contributed by atoms with Crippen molar-refractivity contribution in [3.63, 3.8) is 0 Å². The Hall–Kier alpha value is -3.06. The van der Waals surface area contributed by atoms with E-state index in [0.29, 0.717) is 22.0 Å². The number of nitrogens with one attached hydrogen (secondary N) is 1. The number of non-ortho nitro benzene ring substituents is 1. The zero-order valence-corrected chi connectivity index (χ0v) is 13.5. The second kappa shape index (κ2) is 6.59. The maximum Gasteiger partial charge on any atom is 0.270 e. The Morgan fingerprint density at radius 2 is 2.00 bits per heavy atom. The molecule has 0 fully saturated rings. The standard InChI is InChI=1S/C17H13N3O3S/c1-11-5-2-3-8-14(11)16(21)19-17-18-15(10-24-17)12-6-4-7-13(9-12)20(22)23/h2-10H,1H3,(H,18,19,21). The number of carbonyl (C=O) groups excluding carboxylic acids is 1. The van der Waals surface area contributed by atoms with E-state index >= 15 is 0 Å². The molecule has 0 aliphatic heterocycles. The zero-order valence-electron chi connectivity index (χ0n) is 12.7. The molecule has 0 atom stereocenters. The Balaban J connectivity index is 1.81. The number of nitro groups is 1. The average molecular weight is 339 g/mol. The van der Waals surface area contributed by atoms with Gasteiger partial charge in [-0.25, -0.2) is 4.98 Å². The van der Waals surface area contributed by atoms with Crippen molar-refractivity contribution in [2.75, 3.05) is 5.32 Å². The number of carbonyl (C=O) groups is 1. The predicted molar refractivity (Wildman–Crippen MR) is 93.3 cm³/mol. The highest BCUT2D eigenvalue weighted by Crippen LogP contribution is 2.27. The molecule has 7 heteroatoms. The fraction of sp³-hybridized carbons (Fsp3) is 0.0588. The highest BCUT2D eigenvalue weighted by atomic mass is 32.1. The lowest BCUT2D eigenvalue weighted by Gasteiger charge is -2.04. The van der Waals surface area contributed by atoms with Crippen LogP contribution in [0.3, 0.4) is 0 Å². The molecule has 0 saturated heterocycles. The SMILES string of the molecule is Cc1ccccc1C(=O)Nc1nc(-c2cccc([N+](=O)[O-])c2)cs1. The van der Waals surface area contributed by atoms with Crippen LogP contribution in [0.25, 0.3) is 11.3 Å². The van der Waals surface area contributed by atoms with E-state index in [-0.39, 0.29) is 11.6 Å². The molecule has 3 aromatic rings. The molecule has 0 unspecified atom stereocenters. The van der Waals surface area contributed by atoms with Crippen molar-refractivity contribution in [2.24, 2.45) is 0 Å². The van der Waals surface area contributed by atoms with Crippen LogP contribution in [0.4, 0.5) is 10.8 Å². The molecular weight excluding hydrogens is 326 g/mol. The van der Waals surface area contributed by atoms with Gasteiger partial charge in [-0.2, -0.15) is 0 Å². The Morgan fingerprint density at radius 3 is 2.75 bits per heavy atom. The first kappa shape index (κ1) is 15.8. The van der Waals surface area contributed by atoms with Gasteiger partial charge >= 0.3 is 0 Å². The molecule has 1 aromatic heterocycles. The molecule has 1 amide bonds. The molecule has 1 N–H and O–H groups in total. The van der Waals surface area contributed by atoms with Gasteiger partial charge in [-0.15, -0.1) is 11.3 Å². The van der Waals surface area contributed by atoms with Gasteiger partial charge in [0.2, 0.25) is 0 Å². The minimum absolute atomic E-state index is 0.00555. The van der Waals surface area contributed by atoms with Gasteiger partial charge in [0.15, 0.2) is 5.13 Å². The van der Waals surface area contributed by atoms with E-state index in [1.54, 1.807) is 29.6 Å². The van der Waals surface area contributed by atoms with Crippen LogP contribution in [0.2, 0.25) is 0 Å². The van der Waals surface area contributed by atoms with Crippen LogP contribution in [0.5, 0.6) is 0 Å². The first-order valence-electron chi connectivity index (χ1n) is 7.12. The highest BCUT2D eigenvalue weighted by molar-refractivity contribution is 7.14. The quantitative estimate of drug-likeness (QED) is 0.568. The number of aryl methyl sites for hydroxylation is 1. The van der Waals surface area contributed by atoms with Gasteiger partial charge in [0.1, 0.15) is 0 Å². The molecule has 0 aliphatic carbocycles. The van der Waals surface area contributed by atoms with Crippen LogP contribution in [-0.2, 0) is 0 Å². The monoisotopic (exact) mass is 339 g/mol. The fourth-order valence-corrected chi connectivity index (χ4v) is 2.95. The average Bonchev–Trinajstić information content (AvgIpc) is 3.04. The van der Waals surface area contributed by atoms with Crippen molar-refractivity contribution in [3.05, 3.63) is 75.2 Å². The largest absolute Gasteiger partial charge is 0.298 e. The lowest BCUT2D eigenvalue weighted by Crippen LogP contribution is -2.12. The summed E-state index contributed by atoms with van der Waals surface area (Å²) < 4.78 is 0. The third-order valence-electron chi connectivity index (χ3n) is 3.47. The number of thiazole rings is 1. The summed E-state index contributed by atoms with van der Waals surface area (Å²) in [6, 6.07) is 13.5. The van der Waals surface area contributed by atoms with Gasteiger partial charge in [-0.05, 0) is 18.6 Å². The summed E-state index contributed by atoms with van der Waals surface area (Å²) in [5, 5.41) is 15.8. The van der Waals surface area contributed by atoms with Gasteiger partial charge in [0.05, 0.1) is 10.6 Å². The van der Waals surface area contributed by atoms with Crippen molar-refractivity contribution >= 4 is 28.1 Å². The molecule has 120 valence electrons. The number of hydrogen-bond acceptors (Lipinski definition) is 5. The molecule has 6 nitrogen and oxygen atoms in total. The number of aromatic nitrogens is 1. The molecule has 2 aromatic carbocycles. The van der Waals surface area contributed by atoms with Crippen LogP contribution in [0.1, 0.15) is 15.9 Å². The Bertz CT molecular complexity index is 921. The molecule has 0 radical (unpaired) electrons. The van der Waals surface area contributed by atoms with Crippen LogP contribution in [-0.4, -0.2) is 15.8 Å². The van der Waals surface area contributed by atoms with E-state index in [0.717, 1.165) is 5.56 Å². The summed E-state index contributed by atoms with van der Waals surface area (Å²) >= 11 is 1.27. The predicted octanol–water partition coefficient (Wildman–Crippen LogP) is 4.28. The normalized spacial score (nSPS) is 10.4. The van der Waals surface area contributed by atoms with E-state index in [4.69, 9.17) is 0 Å². The van der Waals surface area contributed by atoms with Crippen LogP contribution >= 0.6 is 11.3 Å². The second-order valence-corrected chi connectivity index (χ2v) is 5.97. The molecule has 3 rings (SSSR count). The number of benzene rings is 2. The van der Waals surface area contributed by atoms with Gasteiger partial charge in [-0.3, -0.25) is 20.2 Å². The summed E-state index contributed by atoms with van der Waals surface area (Å²) in [6.45, 7) is 1.87. The third kappa shape index (κ3) is 3.31. The van der Waals surface area contributed by atoms with Crippen molar-refractivity contribution in [2.45, 2.75) is 6.92 Å². The molecule has 1 heterocycles. The second-order valence-electron chi connectivity index (χ2n) is 5.11. The molecule has 24 heavy (non-hydrogen) atoms.